The summed E-state index contributed by atoms with van der Waals surface area (Å²) in [6, 6.07) is 0. The van der Waals surface area contributed by atoms with Crippen molar-refractivity contribution in [1.82, 2.24) is 5.32 Å². The van der Waals surface area contributed by atoms with Crippen molar-refractivity contribution in [2.75, 3.05) is 19.7 Å². The monoisotopic (exact) mass is 189 g/mol. The largest absolute Gasteiger partial charge is 0.508 e. The van der Waals surface area contributed by atoms with Crippen LogP contribution >= 0.6 is 0 Å². The molecule has 0 saturated carbocycles. The zero-order valence-corrected chi connectivity index (χ0v) is 8.63. The molecule has 4 nitrogen and oxygen atoms in total. The first kappa shape index (κ1) is 12.2. The zero-order valence-electron chi connectivity index (χ0n) is 8.63. The second-order valence-electron chi connectivity index (χ2n) is 3.02. The first-order valence-corrected chi connectivity index (χ1v) is 4.71. The third kappa shape index (κ3) is 9.14. The lowest BCUT2D eigenvalue weighted by Gasteiger charge is -2.08. The minimum absolute atomic E-state index is 0.115. The number of rotatable bonds is 6. The molecule has 0 aromatic heterocycles. The van der Waals surface area contributed by atoms with Crippen LogP contribution in [0, 0.1) is 0 Å². The molecule has 0 atom stereocenters. The minimum Gasteiger partial charge on any atom is -0.433 e. The molecule has 0 aliphatic rings. The Morgan fingerprint density at radius 3 is 2.62 bits per heavy atom. The van der Waals surface area contributed by atoms with Crippen LogP contribution in [0.3, 0.4) is 0 Å². The van der Waals surface area contributed by atoms with E-state index >= 15 is 0 Å². The van der Waals surface area contributed by atoms with Crippen molar-refractivity contribution in [1.29, 1.82) is 0 Å². The molecule has 0 radical (unpaired) electrons. The fourth-order valence-corrected chi connectivity index (χ4v) is 0.735. The standard InChI is InChI=1S/C9H19NO3/c1-4-5-10-6-7-12-9(11)13-8(2)3/h8,10H,4-7H2,1-3H3. The van der Waals surface area contributed by atoms with Gasteiger partial charge < -0.3 is 14.8 Å². The summed E-state index contributed by atoms with van der Waals surface area (Å²) in [7, 11) is 0. The van der Waals surface area contributed by atoms with Gasteiger partial charge in [-0.1, -0.05) is 6.92 Å². The molecular formula is C9H19NO3. The van der Waals surface area contributed by atoms with Gasteiger partial charge >= 0.3 is 6.16 Å². The molecule has 0 unspecified atom stereocenters. The van der Waals surface area contributed by atoms with E-state index in [1.54, 1.807) is 13.8 Å². The molecule has 0 aromatic carbocycles. The Morgan fingerprint density at radius 1 is 1.38 bits per heavy atom. The number of ether oxygens (including phenoxy) is 2. The molecule has 0 fully saturated rings. The number of hydrogen-bond donors (Lipinski definition) is 1. The van der Waals surface area contributed by atoms with Crippen molar-refractivity contribution in [3.8, 4) is 0 Å². The van der Waals surface area contributed by atoms with Gasteiger partial charge in [0.05, 0.1) is 6.10 Å². The van der Waals surface area contributed by atoms with Crippen LogP contribution in [0.15, 0.2) is 0 Å². The lowest BCUT2D eigenvalue weighted by molar-refractivity contribution is 0.0353. The molecule has 0 rings (SSSR count). The van der Waals surface area contributed by atoms with Gasteiger partial charge in [0, 0.05) is 6.54 Å². The fourth-order valence-electron chi connectivity index (χ4n) is 0.735. The third-order valence-electron chi connectivity index (χ3n) is 1.26. The van der Waals surface area contributed by atoms with Crippen LogP contribution in [0.25, 0.3) is 0 Å². The van der Waals surface area contributed by atoms with Crippen LogP contribution in [0.1, 0.15) is 27.2 Å². The highest BCUT2D eigenvalue weighted by molar-refractivity contribution is 5.59. The molecule has 1 N–H and O–H groups in total. The van der Waals surface area contributed by atoms with Gasteiger partial charge in [0.15, 0.2) is 0 Å². The Labute approximate surface area is 79.6 Å². The van der Waals surface area contributed by atoms with Crippen molar-refractivity contribution in [3.63, 3.8) is 0 Å². The quantitative estimate of drug-likeness (QED) is 0.508. The van der Waals surface area contributed by atoms with Crippen molar-refractivity contribution in [3.05, 3.63) is 0 Å². The lowest BCUT2D eigenvalue weighted by atomic mass is 10.5. The van der Waals surface area contributed by atoms with E-state index < -0.39 is 6.16 Å². The Bertz CT molecular complexity index is 137. The second kappa shape index (κ2) is 7.86. The molecule has 78 valence electrons. The van der Waals surface area contributed by atoms with E-state index in [2.05, 4.69) is 12.2 Å². The predicted molar refractivity (Wildman–Crippen MR) is 50.7 cm³/mol. The third-order valence-corrected chi connectivity index (χ3v) is 1.26. The van der Waals surface area contributed by atoms with E-state index in [1.165, 1.54) is 0 Å². The molecule has 4 heteroatoms. The maximum atomic E-state index is 10.8. The molecule has 0 aromatic rings. The fraction of sp³-hybridized carbons (Fsp3) is 0.889. The Hall–Kier alpha value is -0.770. The van der Waals surface area contributed by atoms with Gasteiger partial charge in [-0.25, -0.2) is 4.79 Å². The van der Waals surface area contributed by atoms with Crippen molar-refractivity contribution in [2.45, 2.75) is 33.3 Å². The van der Waals surface area contributed by atoms with E-state index in [4.69, 9.17) is 9.47 Å². The van der Waals surface area contributed by atoms with Crippen molar-refractivity contribution < 1.29 is 14.3 Å². The van der Waals surface area contributed by atoms with Crippen LogP contribution in [0.5, 0.6) is 0 Å². The van der Waals surface area contributed by atoms with Gasteiger partial charge in [0.25, 0.3) is 0 Å². The van der Waals surface area contributed by atoms with Crippen LogP contribution in [0.4, 0.5) is 4.79 Å². The zero-order chi connectivity index (χ0) is 10.1. The first-order valence-electron chi connectivity index (χ1n) is 4.71. The van der Waals surface area contributed by atoms with Crippen LogP contribution < -0.4 is 5.32 Å². The van der Waals surface area contributed by atoms with Crippen molar-refractivity contribution >= 4 is 6.16 Å². The van der Waals surface area contributed by atoms with Crippen molar-refractivity contribution in [2.24, 2.45) is 0 Å². The highest BCUT2D eigenvalue weighted by Crippen LogP contribution is 1.91. The summed E-state index contributed by atoms with van der Waals surface area (Å²) in [5.41, 5.74) is 0. The molecule has 13 heavy (non-hydrogen) atoms. The highest BCUT2D eigenvalue weighted by atomic mass is 16.7. The molecule has 0 bridgehead atoms. The summed E-state index contributed by atoms with van der Waals surface area (Å²) in [5.74, 6) is 0. The van der Waals surface area contributed by atoms with Crippen LogP contribution in [-0.2, 0) is 9.47 Å². The Balaban J connectivity index is 3.17. The topological polar surface area (TPSA) is 47.6 Å². The number of hydrogen-bond acceptors (Lipinski definition) is 4. The van der Waals surface area contributed by atoms with Crippen LogP contribution in [0.2, 0.25) is 0 Å². The summed E-state index contributed by atoms with van der Waals surface area (Å²) in [5, 5.41) is 3.11. The van der Waals surface area contributed by atoms with Gasteiger partial charge in [-0.2, -0.15) is 0 Å². The predicted octanol–water partition coefficient (Wildman–Crippen LogP) is 1.55. The number of nitrogens with one attached hydrogen (secondary N) is 1. The minimum atomic E-state index is -0.590. The molecule has 0 aliphatic heterocycles. The van der Waals surface area contributed by atoms with Crippen LogP contribution in [-0.4, -0.2) is 32.0 Å². The van der Waals surface area contributed by atoms with Gasteiger partial charge in [0.2, 0.25) is 0 Å². The number of carbonyl (C=O) groups excluding carboxylic acids is 1. The van der Waals surface area contributed by atoms with E-state index in [0.29, 0.717) is 13.2 Å². The summed E-state index contributed by atoms with van der Waals surface area (Å²) in [6.07, 6.45) is 0.376. The van der Waals surface area contributed by atoms with Gasteiger partial charge in [-0.05, 0) is 26.8 Å². The van der Waals surface area contributed by atoms with E-state index in [0.717, 1.165) is 13.0 Å². The molecule has 0 spiro atoms. The maximum Gasteiger partial charge on any atom is 0.508 e. The summed E-state index contributed by atoms with van der Waals surface area (Å²) in [6.45, 7) is 7.66. The Morgan fingerprint density at radius 2 is 2.08 bits per heavy atom. The normalized spacial score (nSPS) is 10.2. The van der Waals surface area contributed by atoms with E-state index in [1.807, 2.05) is 0 Å². The smallest absolute Gasteiger partial charge is 0.433 e. The van der Waals surface area contributed by atoms with E-state index in [-0.39, 0.29) is 6.10 Å². The average molecular weight is 189 g/mol. The molecule has 0 aliphatic carbocycles. The SMILES string of the molecule is CCCNCCOC(=O)OC(C)C. The summed E-state index contributed by atoms with van der Waals surface area (Å²) >= 11 is 0. The molecule has 0 amide bonds. The van der Waals surface area contributed by atoms with E-state index in [9.17, 15) is 4.79 Å². The molecule has 0 heterocycles. The van der Waals surface area contributed by atoms with Gasteiger partial charge in [0.1, 0.15) is 6.61 Å². The average Bonchev–Trinajstić information content (AvgIpc) is 2.02. The molecular weight excluding hydrogens is 170 g/mol. The lowest BCUT2D eigenvalue weighted by Crippen LogP contribution is -2.23. The Kier molecular flexibility index (Phi) is 7.39. The molecule has 0 saturated heterocycles. The summed E-state index contributed by atoms with van der Waals surface area (Å²) in [4.78, 5) is 10.8. The summed E-state index contributed by atoms with van der Waals surface area (Å²) < 4.78 is 9.54. The first-order chi connectivity index (χ1) is 6.16. The maximum absolute atomic E-state index is 10.8. The number of carbonyl (C=O) groups is 1. The van der Waals surface area contributed by atoms with Gasteiger partial charge in [-0.15, -0.1) is 0 Å². The second-order valence-corrected chi connectivity index (χ2v) is 3.02. The highest BCUT2D eigenvalue weighted by Gasteiger charge is 2.04. The van der Waals surface area contributed by atoms with Gasteiger partial charge in [-0.3, -0.25) is 0 Å².